The van der Waals surface area contributed by atoms with E-state index >= 15 is 0 Å². The Hall–Kier alpha value is -2.02. The van der Waals surface area contributed by atoms with Gasteiger partial charge < -0.3 is 16.0 Å². The summed E-state index contributed by atoms with van der Waals surface area (Å²) in [5.41, 5.74) is 5.97. The standard InChI is InChI=1S/C14H17F2N3O2/c1-8-14(21)18-7-19(8)13(20)6-11(17)5-9-4-10(15)2-3-12(9)16/h2-4,8,11H,5-7,17H2,1H3,(H,18,21)/t8-,11-/m1/s1. The first-order valence-electron chi connectivity index (χ1n) is 6.65. The lowest BCUT2D eigenvalue weighted by atomic mass is 10.0. The molecule has 5 nitrogen and oxygen atoms in total. The second-order valence-corrected chi connectivity index (χ2v) is 5.14. The minimum Gasteiger partial charge on any atom is -0.337 e. The maximum absolute atomic E-state index is 13.5. The van der Waals surface area contributed by atoms with Crippen molar-refractivity contribution in [3.63, 3.8) is 0 Å². The number of halogens is 2. The quantitative estimate of drug-likeness (QED) is 0.851. The normalized spacial score (nSPS) is 19.5. The Labute approximate surface area is 121 Å². The van der Waals surface area contributed by atoms with Gasteiger partial charge in [-0.2, -0.15) is 0 Å². The van der Waals surface area contributed by atoms with Crippen molar-refractivity contribution in [1.29, 1.82) is 0 Å². The molecule has 2 amide bonds. The van der Waals surface area contributed by atoms with Crippen molar-refractivity contribution < 1.29 is 18.4 Å². The minimum atomic E-state index is -0.642. The average Bonchev–Trinajstić information content (AvgIpc) is 2.74. The van der Waals surface area contributed by atoms with Gasteiger partial charge in [-0.1, -0.05) is 0 Å². The van der Waals surface area contributed by atoms with Gasteiger partial charge in [0.05, 0.1) is 6.67 Å². The molecule has 0 spiro atoms. The number of benzene rings is 1. The van der Waals surface area contributed by atoms with Crippen molar-refractivity contribution in [3.05, 3.63) is 35.4 Å². The SMILES string of the molecule is C[C@@H]1C(=O)NCN1C(=O)C[C@H](N)Cc1cc(F)ccc1F. The molecular formula is C14H17F2N3O2. The Kier molecular flexibility index (Phi) is 4.52. The van der Waals surface area contributed by atoms with Crippen LogP contribution in [0, 0.1) is 11.6 Å². The molecule has 3 N–H and O–H groups in total. The van der Waals surface area contributed by atoms with Crippen LogP contribution in [0.25, 0.3) is 0 Å². The van der Waals surface area contributed by atoms with E-state index in [4.69, 9.17) is 5.73 Å². The predicted octanol–water partition coefficient (Wildman–Crippen LogP) is 0.529. The predicted molar refractivity (Wildman–Crippen MR) is 72.0 cm³/mol. The van der Waals surface area contributed by atoms with Crippen LogP contribution in [0.3, 0.4) is 0 Å². The molecule has 2 atom stereocenters. The molecule has 0 aromatic heterocycles. The van der Waals surface area contributed by atoms with Crippen molar-refractivity contribution in [2.24, 2.45) is 5.73 Å². The van der Waals surface area contributed by atoms with Crippen molar-refractivity contribution in [2.75, 3.05) is 6.67 Å². The monoisotopic (exact) mass is 297 g/mol. The van der Waals surface area contributed by atoms with E-state index in [1.807, 2.05) is 0 Å². The molecule has 1 aliphatic heterocycles. The molecule has 1 aromatic rings. The van der Waals surface area contributed by atoms with Gasteiger partial charge in [0.2, 0.25) is 11.8 Å². The molecule has 21 heavy (non-hydrogen) atoms. The van der Waals surface area contributed by atoms with Gasteiger partial charge in [0, 0.05) is 12.5 Å². The van der Waals surface area contributed by atoms with E-state index in [2.05, 4.69) is 5.32 Å². The molecule has 1 heterocycles. The maximum Gasteiger partial charge on any atom is 0.243 e. The highest BCUT2D eigenvalue weighted by Gasteiger charge is 2.32. The van der Waals surface area contributed by atoms with Gasteiger partial charge in [-0.3, -0.25) is 9.59 Å². The van der Waals surface area contributed by atoms with Gasteiger partial charge in [-0.05, 0) is 37.1 Å². The lowest BCUT2D eigenvalue weighted by Crippen LogP contribution is -2.40. The molecule has 0 aliphatic carbocycles. The summed E-state index contributed by atoms with van der Waals surface area (Å²) in [6.45, 7) is 1.78. The number of amides is 2. The van der Waals surface area contributed by atoms with E-state index in [1.54, 1.807) is 6.92 Å². The van der Waals surface area contributed by atoms with E-state index in [9.17, 15) is 18.4 Å². The van der Waals surface area contributed by atoms with Crippen LogP contribution in [0.1, 0.15) is 18.9 Å². The fourth-order valence-electron chi connectivity index (χ4n) is 2.29. The summed E-state index contributed by atoms with van der Waals surface area (Å²) >= 11 is 0. The lowest BCUT2D eigenvalue weighted by molar-refractivity contribution is -0.134. The second-order valence-electron chi connectivity index (χ2n) is 5.14. The zero-order valence-electron chi connectivity index (χ0n) is 11.6. The third-order valence-electron chi connectivity index (χ3n) is 3.52. The van der Waals surface area contributed by atoms with Gasteiger partial charge in [0.25, 0.3) is 0 Å². The van der Waals surface area contributed by atoms with Crippen molar-refractivity contribution in [1.82, 2.24) is 10.2 Å². The molecule has 1 aliphatic rings. The minimum absolute atomic E-state index is 0.0325. The molecule has 114 valence electrons. The molecule has 0 unspecified atom stereocenters. The molecule has 2 rings (SSSR count). The van der Waals surface area contributed by atoms with Crippen molar-refractivity contribution in [3.8, 4) is 0 Å². The topological polar surface area (TPSA) is 75.4 Å². The van der Waals surface area contributed by atoms with Crippen molar-refractivity contribution >= 4 is 11.8 Å². The second kappa shape index (κ2) is 6.17. The molecule has 1 saturated heterocycles. The number of carbonyl (C=O) groups excluding carboxylic acids is 2. The van der Waals surface area contributed by atoms with E-state index in [-0.39, 0.29) is 36.9 Å². The van der Waals surface area contributed by atoms with Crippen LogP contribution in [-0.2, 0) is 16.0 Å². The fourth-order valence-corrected chi connectivity index (χ4v) is 2.29. The maximum atomic E-state index is 13.5. The smallest absolute Gasteiger partial charge is 0.243 e. The summed E-state index contributed by atoms with van der Waals surface area (Å²) in [7, 11) is 0. The average molecular weight is 297 g/mol. The van der Waals surface area contributed by atoms with E-state index in [1.165, 1.54) is 4.90 Å². The van der Waals surface area contributed by atoms with Crippen LogP contribution in [0.5, 0.6) is 0 Å². The highest BCUT2D eigenvalue weighted by Crippen LogP contribution is 2.14. The van der Waals surface area contributed by atoms with Crippen LogP contribution in [0.4, 0.5) is 8.78 Å². The summed E-state index contributed by atoms with van der Waals surface area (Å²) in [6.07, 6.45) is 0.0220. The van der Waals surface area contributed by atoms with Crippen LogP contribution in [-0.4, -0.2) is 35.5 Å². The molecule has 7 heteroatoms. The van der Waals surface area contributed by atoms with Crippen molar-refractivity contribution in [2.45, 2.75) is 31.8 Å². The zero-order valence-corrected chi connectivity index (χ0v) is 11.6. The largest absolute Gasteiger partial charge is 0.337 e. The van der Waals surface area contributed by atoms with Crippen LogP contribution >= 0.6 is 0 Å². The Bertz CT molecular complexity index is 565. The molecule has 1 aromatic carbocycles. The first-order chi connectivity index (χ1) is 9.88. The van der Waals surface area contributed by atoms with Crippen LogP contribution in [0.15, 0.2) is 18.2 Å². The first kappa shape index (κ1) is 15.4. The molecule has 0 saturated carbocycles. The number of hydrogen-bond donors (Lipinski definition) is 2. The van der Waals surface area contributed by atoms with Gasteiger partial charge in [-0.15, -0.1) is 0 Å². The Morgan fingerprint density at radius 2 is 2.24 bits per heavy atom. The number of nitrogens with two attached hydrogens (primary N) is 1. The van der Waals surface area contributed by atoms with Crippen LogP contribution in [0.2, 0.25) is 0 Å². The number of nitrogens with one attached hydrogen (secondary N) is 1. The number of hydrogen-bond acceptors (Lipinski definition) is 3. The van der Waals surface area contributed by atoms with E-state index in [0.29, 0.717) is 0 Å². The molecule has 1 fully saturated rings. The summed E-state index contributed by atoms with van der Waals surface area (Å²) in [6, 6.07) is 1.96. The summed E-state index contributed by atoms with van der Waals surface area (Å²) in [5.74, 6) is -1.60. The van der Waals surface area contributed by atoms with E-state index in [0.717, 1.165) is 18.2 Å². The number of carbonyl (C=O) groups is 2. The number of nitrogens with zero attached hydrogens (tertiary/aromatic N) is 1. The summed E-state index contributed by atoms with van der Waals surface area (Å²) < 4.78 is 26.6. The fraction of sp³-hybridized carbons (Fsp3) is 0.429. The zero-order chi connectivity index (χ0) is 15.6. The molecular weight excluding hydrogens is 280 g/mol. The van der Waals surface area contributed by atoms with Gasteiger partial charge in [0.1, 0.15) is 17.7 Å². The first-order valence-corrected chi connectivity index (χ1v) is 6.65. The Balaban J connectivity index is 1.95. The third kappa shape index (κ3) is 3.55. The van der Waals surface area contributed by atoms with Gasteiger partial charge >= 0.3 is 0 Å². The lowest BCUT2D eigenvalue weighted by Gasteiger charge is -2.21. The Morgan fingerprint density at radius 1 is 1.52 bits per heavy atom. The van der Waals surface area contributed by atoms with Gasteiger partial charge in [-0.25, -0.2) is 8.78 Å². The molecule has 0 bridgehead atoms. The Morgan fingerprint density at radius 3 is 2.86 bits per heavy atom. The van der Waals surface area contributed by atoms with E-state index < -0.39 is 23.7 Å². The summed E-state index contributed by atoms with van der Waals surface area (Å²) in [5, 5.41) is 2.56. The highest BCUT2D eigenvalue weighted by atomic mass is 19.1. The summed E-state index contributed by atoms with van der Waals surface area (Å²) in [4.78, 5) is 24.7. The highest BCUT2D eigenvalue weighted by molar-refractivity contribution is 5.90. The number of rotatable bonds is 4. The van der Waals surface area contributed by atoms with Crippen LogP contribution < -0.4 is 11.1 Å². The molecule has 0 radical (unpaired) electrons. The third-order valence-corrected chi connectivity index (χ3v) is 3.52. The van der Waals surface area contributed by atoms with Gasteiger partial charge in [0.15, 0.2) is 0 Å².